The monoisotopic (exact) mass is 813 g/mol. The molecule has 9 unspecified atom stereocenters. The molecule has 0 saturated heterocycles. The quantitative estimate of drug-likeness (QED) is 0.165. The van der Waals surface area contributed by atoms with E-state index in [1.807, 2.05) is 19.0 Å². The third-order valence-electron chi connectivity index (χ3n) is 16.6. The molecule has 5 saturated carbocycles. The molecule has 5 fully saturated rings. The molecule has 0 radical (unpaired) electrons. The van der Waals surface area contributed by atoms with Crippen molar-refractivity contribution in [3.63, 3.8) is 0 Å². The second kappa shape index (κ2) is 18.4. The van der Waals surface area contributed by atoms with E-state index in [9.17, 15) is 19.5 Å². The number of allylic oxidation sites excluding steroid dienone is 1. The van der Waals surface area contributed by atoms with Crippen LogP contribution < -0.4 is 0 Å². The second-order valence-corrected chi connectivity index (χ2v) is 22.3. The molecule has 58 heavy (non-hydrogen) atoms. The van der Waals surface area contributed by atoms with Gasteiger partial charge in [0.05, 0.1) is 12.5 Å². The summed E-state index contributed by atoms with van der Waals surface area (Å²) in [5.74, 6) is 2.38. The molecule has 0 aliphatic heterocycles. The Bertz CT molecular complexity index is 1510. The minimum Gasteiger partial charge on any atom is -0.483 e. The van der Waals surface area contributed by atoms with E-state index in [0.29, 0.717) is 49.6 Å². The standard InChI is InChI=1S/C47H78N2O5.CH2O2.CH4/c1-30(2)40-34(50)27-47(37(51)29-49(26-25-48(10)11)42(53)31-15-13-12-14-16-31)24-19-33-32(41(40)47)17-18-36-45(33,8)22-20-35-44(6,7)38(21-23-46(35,36)9)54-39(52)28-43(3,4)5;2-1-3;/h30-33,35-38,51H,12-29H2,1-11H3;1H,(H,2,3);1H4. The first kappa shape index (κ1) is 48.4. The van der Waals surface area contributed by atoms with Crippen LogP contribution in [0.3, 0.4) is 0 Å². The molecule has 0 aromatic rings. The van der Waals surface area contributed by atoms with Gasteiger partial charge in [-0.2, -0.15) is 0 Å². The van der Waals surface area contributed by atoms with Gasteiger partial charge in [0, 0.05) is 42.8 Å². The summed E-state index contributed by atoms with van der Waals surface area (Å²) in [5, 5.41) is 19.5. The fourth-order valence-corrected chi connectivity index (χ4v) is 14.2. The summed E-state index contributed by atoms with van der Waals surface area (Å²) in [4.78, 5) is 53.9. The average molecular weight is 813 g/mol. The third-order valence-corrected chi connectivity index (χ3v) is 16.6. The first-order valence-electron chi connectivity index (χ1n) is 22.7. The molecule has 0 heterocycles. The number of aliphatic hydroxyl groups is 1. The minimum absolute atomic E-state index is 0. The molecule has 0 aromatic heterocycles. The number of hydrogen-bond acceptors (Lipinski definition) is 7. The van der Waals surface area contributed by atoms with Crippen molar-refractivity contribution in [2.45, 2.75) is 178 Å². The number of Topliss-reactive ketones (excluding diaryl/α,β-unsaturated/α-hetero) is 1. The van der Waals surface area contributed by atoms with Gasteiger partial charge in [-0.05, 0) is 130 Å². The highest BCUT2D eigenvalue weighted by Gasteiger charge is 2.67. The van der Waals surface area contributed by atoms with E-state index in [-0.39, 0.29) is 71.2 Å². The van der Waals surface area contributed by atoms with Gasteiger partial charge in [-0.3, -0.25) is 19.2 Å². The van der Waals surface area contributed by atoms with Crippen LogP contribution >= 0.6 is 0 Å². The van der Waals surface area contributed by atoms with Crippen molar-refractivity contribution in [3.05, 3.63) is 11.1 Å². The van der Waals surface area contributed by atoms with Crippen LogP contribution in [0.4, 0.5) is 0 Å². The Balaban J connectivity index is 0.00000180. The highest BCUT2D eigenvalue weighted by molar-refractivity contribution is 6.00. The lowest BCUT2D eigenvalue weighted by molar-refractivity contribution is -0.214. The topological polar surface area (TPSA) is 124 Å². The molecule has 2 N–H and O–H groups in total. The fourth-order valence-electron chi connectivity index (χ4n) is 14.2. The summed E-state index contributed by atoms with van der Waals surface area (Å²) in [5.41, 5.74) is 1.84. The summed E-state index contributed by atoms with van der Waals surface area (Å²) in [6.07, 6.45) is 13.7. The predicted molar refractivity (Wildman–Crippen MR) is 232 cm³/mol. The molecule has 6 aliphatic carbocycles. The fraction of sp³-hybridized carbons (Fsp3) is 0.878. The molecule has 9 nitrogen and oxygen atoms in total. The SMILES string of the molecule is C.CC(C)C1=C2C3CCC4C(C)(CCC5C(C)(C)C(OC(=O)CC(C)(C)C)CCC54C)C3CCC2(C(O)CN(CCN(C)C)C(=O)C2CCCCC2)CC1=O.O=CO. The number of esters is 1. The number of carbonyl (C=O) groups is 4. The van der Waals surface area contributed by atoms with Crippen LogP contribution in [0.25, 0.3) is 0 Å². The van der Waals surface area contributed by atoms with Crippen molar-refractivity contribution in [3.8, 4) is 0 Å². The average Bonchev–Trinajstić information content (AvgIpc) is 3.44. The summed E-state index contributed by atoms with van der Waals surface area (Å²) in [6.45, 7) is 22.0. The number of ether oxygens (including phenoxy) is 1. The van der Waals surface area contributed by atoms with Crippen molar-refractivity contribution in [1.82, 2.24) is 9.80 Å². The molecule has 332 valence electrons. The maximum Gasteiger partial charge on any atom is 0.306 e. The zero-order valence-electron chi connectivity index (χ0n) is 37.8. The number of aliphatic hydroxyl groups excluding tert-OH is 1. The van der Waals surface area contributed by atoms with Crippen LogP contribution in [0.2, 0.25) is 0 Å². The van der Waals surface area contributed by atoms with Crippen molar-refractivity contribution >= 4 is 24.1 Å². The number of amides is 1. The summed E-state index contributed by atoms with van der Waals surface area (Å²) in [6, 6.07) is 0. The molecule has 6 rings (SSSR count). The van der Waals surface area contributed by atoms with E-state index in [2.05, 4.69) is 67.2 Å². The first-order chi connectivity index (χ1) is 26.6. The van der Waals surface area contributed by atoms with Gasteiger partial charge in [-0.15, -0.1) is 0 Å². The van der Waals surface area contributed by atoms with E-state index in [1.165, 1.54) is 12.0 Å². The van der Waals surface area contributed by atoms with Crippen LogP contribution in [-0.2, 0) is 23.9 Å². The maximum absolute atomic E-state index is 14.2. The number of likely N-dealkylation sites (N-methyl/N-ethyl adjacent to an activating group) is 1. The third kappa shape index (κ3) is 9.16. The molecule has 1 amide bonds. The maximum atomic E-state index is 14.2. The summed E-state index contributed by atoms with van der Waals surface area (Å²) < 4.78 is 6.32. The van der Waals surface area contributed by atoms with Crippen LogP contribution in [0, 0.1) is 62.6 Å². The van der Waals surface area contributed by atoms with Gasteiger partial charge in [-0.1, -0.05) is 94.6 Å². The number of hydrogen-bond donors (Lipinski definition) is 2. The molecular weight excluding hydrogens is 729 g/mol. The molecular formula is C49H84N2O7. The number of nitrogens with zero attached hydrogens (tertiary/aromatic N) is 2. The first-order valence-corrected chi connectivity index (χ1v) is 22.7. The van der Waals surface area contributed by atoms with Gasteiger partial charge < -0.3 is 24.7 Å². The largest absolute Gasteiger partial charge is 0.483 e. The van der Waals surface area contributed by atoms with Crippen molar-refractivity contribution in [2.24, 2.45) is 62.6 Å². The number of carboxylic acid groups (broad SMARTS) is 1. The van der Waals surface area contributed by atoms with E-state index >= 15 is 0 Å². The minimum atomic E-state index is -0.751. The Morgan fingerprint density at radius 3 is 2.09 bits per heavy atom. The highest BCUT2D eigenvalue weighted by atomic mass is 16.5. The lowest BCUT2D eigenvalue weighted by Crippen LogP contribution is -2.63. The van der Waals surface area contributed by atoms with Gasteiger partial charge >= 0.3 is 5.97 Å². The summed E-state index contributed by atoms with van der Waals surface area (Å²) >= 11 is 0. The summed E-state index contributed by atoms with van der Waals surface area (Å²) in [7, 11) is 4.09. The number of fused-ring (bicyclic) bond motifs is 7. The highest BCUT2D eigenvalue weighted by Crippen LogP contribution is 2.73. The van der Waals surface area contributed by atoms with Crippen LogP contribution in [0.15, 0.2) is 11.1 Å². The normalized spacial score (nSPS) is 35.0. The predicted octanol–water partition coefficient (Wildman–Crippen LogP) is 9.59. The molecule has 9 atom stereocenters. The molecule has 0 spiro atoms. The Labute approximate surface area is 352 Å². The zero-order valence-corrected chi connectivity index (χ0v) is 37.8. The Kier molecular flexibility index (Phi) is 15.3. The van der Waals surface area contributed by atoms with Crippen molar-refractivity contribution in [2.75, 3.05) is 33.7 Å². The van der Waals surface area contributed by atoms with Crippen LogP contribution in [0.1, 0.15) is 166 Å². The van der Waals surface area contributed by atoms with E-state index in [0.717, 1.165) is 89.2 Å². The van der Waals surface area contributed by atoms with Gasteiger partial charge in [-0.25, -0.2) is 0 Å². The molecule has 0 bridgehead atoms. The van der Waals surface area contributed by atoms with Gasteiger partial charge in [0.25, 0.3) is 6.47 Å². The lowest BCUT2D eigenvalue weighted by atomic mass is 9.36. The molecule has 0 aromatic carbocycles. The Morgan fingerprint density at radius 1 is 0.879 bits per heavy atom. The number of rotatable bonds is 10. The zero-order chi connectivity index (χ0) is 42.3. The van der Waals surface area contributed by atoms with Crippen molar-refractivity contribution in [1.29, 1.82) is 0 Å². The van der Waals surface area contributed by atoms with Gasteiger partial charge in [0.2, 0.25) is 5.91 Å². The van der Waals surface area contributed by atoms with Gasteiger partial charge in [0.15, 0.2) is 5.78 Å². The lowest BCUT2D eigenvalue weighted by Gasteiger charge is -2.69. The van der Waals surface area contributed by atoms with E-state index < -0.39 is 11.5 Å². The molecule has 9 heteroatoms. The second-order valence-electron chi connectivity index (χ2n) is 22.3. The smallest absolute Gasteiger partial charge is 0.306 e. The Hall–Kier alpha value is -2.26. The number of ketones is 1. The van der Waals surface area contributed by atoms with Gasteiger partial charge in [0.1, 0.15) is 6.10 Å². The van der Waals surface area contributed by atoms with E-state index in [4.69, 9.17) is 14.6 Å². The van der Waals surface area contributed by atoms with Crippen LogP contribution in [-0.4, -0.2) is 90.1 Å². The number of carbonyl (C=O) groups excluding carboxylic acids is 3. The Morgan fingerprint density at radius 2 is 1.50 bits per heavy atom. The van der Waals surface area contributed by atoms with Crippen LogP contribution in [0.5, 0.6) is 0 Å². The van der Waals surface area contributed by atoms with E-state index in [1.54, 1.807) is 0 Å². The van der Waals surface area contributed by atoms with Crippen molar-refractivity contribution < 1.29 is 34.1 Å². The molecule has 6 aliphatic rings.